The molecule has 0 saturated heterocycles. The largest absolute Gasteiger partial charge is 0.368 e. The Hall–Kier alpha value is -3.18. The van der Waals surface area contributed by atoms with Crippen LogP contribution in [0.15, 0.2) is 0 Å². The van der Waals surface area contributed by atoms with E-state index >= 15 is 0 Å². The maximum absolute atomic E-state index is 11.7. The summed E-state index contributed by atoms with van der Waals surface area (Å²) in [6.45, 7) is 1.25. The van der Waals surface area contributed by atoms with Crippen LogP contribution in [0.2, 0.25) is 0 Å². The molecule has 0 aromatic carbocycles. The van der Waals surface area contributed by atoms with Crippen molar-refractivity contribution in [3.05, 3.63) is 0 Å². The van der Waals surface area contributed by atoms with Crippen LogP contribution in [0.1, 0.15) is 13.8 Å². The van der Waals surface area contributed by atoms with Crippen LogP contribution >= 0.6 is 0 Å². The molecule has 0 rings (SSSR count). The topological polar surface area (TPSA) is 189 Å². The van der Waals surface area contributed by atoms with E-state index in [-0.39, 0.29) is 32.1 Å². The summed E-state index contributed by atoms with van der Waals surface area (Å²) in [5.74, 6) is -3.54. The summed E-state index contributed by atoms with van der Waals surface area (Å²) in [6.07, 6.45) is 0. The van der Waals surface area contributed by atoms with Crippen LogP contribution in [0, 0.1) is 0 Å². The number of primary amides is 1. The van der Waals surface area contributed by atoms with E-state index in [1.807, 2.05) is 0 Å². The number of hydrogen-bond donors (Lipinski definition) is 6. The van der Waals surface area contributed by atoms with Crippen molar-refractivity contribution in [1.29, 1.82) is 0 Å². The van der Waals surface area contributed by atoms with Crippen molar-refractivity contribution in [2.45, 2.75) is 19.9 Å². The molecule has 0 radical (unpaired) electrons. The summed E-state index contributed by atoms with van der Waals surface area (Å²) in [5, 5.41) is 11.3. The van der Waals surface area contributed by atoms with Crippen LogP contribution < -0.4 is 32.3 Å². The van der Waals surface area contributed by atoms with Crippen molar-refractivity contribution in [1.82, 2.24) is 26.6 Å². The molecule has 0 heterocycles. The summed E-state index contributed by atoms with van der Waals surface area (Å²) in [5.41, 5.74) is 4.84. The number of hydrogen-bond acceptors (Lipinski definition) is 6. The zero-order chi connectivity index (χ0) is 19.4. The lowest BCUT2D eigenvalue weighted by Gasteiger charge is -2.14. The molecule has 0 aliphatic heterocycles. The fourth-order valence-corrected chi connectivity index (χ4v) is 1.37. The molecule has 6 amide bonds. The van der Waals surface area contributed by atoms with Gasteiger partial charge in [0.25, 0.3) is 0 Å². The van der Waals surface area contributed by atoms with Gasteiger partial charge in [0, 0.05) is 6.92 Å². The monoisotopic (exact) mass is 358 g/mol. The molecule has 0 aliphatic carbocycles. The molecule has 0 fully saturated rings. The van der Waals surface area contributed by atoms with Gasteiger partial charge in [-0.2, -0.15) is 0 Å². The summed E-state index contributed by atoms with van der Waals surface area (Å²) in [4.78, 5) is 67.0. The first-order chi connectivity index (χ1) is 11.6. The maximum Gasteiger partial charge on any atom is 0.242 e. The van der Waals surface area contributed by atoms with E-state index in [2.05, 4.69) is 26.6 Å². The maximum atomic E-state index is 11.7. The Morgan fingerprint density at radius 3 is 1.76 bits per heavy atom. The Bertz CT molecular complexity index is 549. The molecule has 25 heavy (non-hydrogen) atoms. The lowest BCUT2D eigenvalue weighted by atomic mass is 10.3. The molecule has 7 N–H and O–H groups in total. The molecule has 12 heteroatoms. The van der Waals surface area contributed by atoms with Crippen molar-refractivity contribution in [3.63, 3.8) is 0 Å². The molecule has 140 valence electrons. The highest BCUT2D eigenvalue weighted by molar-refractivity contribution is 5.92. The van der Waals surface area contributed by atoms with Gasteiger partial charge in [0.15, 0.2) is 0 Å². The number of carbonyl (C=O) groups excluding carboxylic acids is 6. The Morgan fingerprint density at radius 2 is 1.24 bits per heavy atom. The lowest BCUT2D eigenvalue weighted by Crippen LogP contribution is -2.50. The van der Waals surface area contributed by atoms with Gasteiger partial charge in [-0.05, 0) is 6.92 Å². The first kappa shape index (κ1) is 21.8. The van der Waals surface area contributed by atoms with Crippen LogP contribution in [-0.2, 0) is 28.8 Å². The standard InChI is InChI=1S/C13H22N6O6/c1-7(13(25)18-5-11(23)16-3-9(14)21)19-12(24)6-17-10(22)4-15-8(2)20/h7H,3-6H2,1-2H3,(H2,14,21)(H,15,20)(H,16,23)(H,17,22)(H,18,25)(H,19,24)/t7-/m0/s1. The number of carbonyl (C=O) groups is 6. The Balaban J connectivity index is 4.03. The molecule has 0 aromatic rings. The van der Waals surface area contributed by atoms with Gasteiger partial charge in [-0.3, -0.25) is 28.8 Å². The van der Waals surface area contributed by atoms with E-state index in [1.54, 1.807) is 0 Å². The van der Waals surface area contributed by atoms with Gasteiger partial charge in [-0.15, -0.1) is 0 Å². The van der Waals surface area contributed by atoms with E-state index in [4.69, 9.17) is 5.73 Å². The van der Waals surface area contributed by atoms with Crippen LogP contribution in [0.5, 0.6) is 0 Å². The van der Waals surface area contributed by atoms with Crippen LogP contribution in [0.3, 0.4) is 0 Å². The molecular formula is C13H22N6O6. The summed E-state index contributed by atoms with van der Waals surface area (Å²) in [7, 11) is 0. The molecular weight excluding hydrogens is 336 g/mol. The number of nitrogens with one attached hydrogen (secondary N) is 5. The Labute approximate surface area is 143 Å². The summed E-state index contributed by atoms with van der Waals surface area (Å²) >= 11 is 0. The third-order valence-electron chi connectivity index (χ3n) is 2.60. The van der Waals surface area contributed by atoms with Crippen molar-refractivity contribution in [2.75, 3.05) is 26.2 Å². The van der Waals surface area contributed by atoms with Crippen molar-refractivity contribution >= 4 is 35.4 Å². The van der Waals surface area contributed by atoms with E-state index in [1.165, 1.54) is 13.8 Å². The molecule has 0 saturated carbocycles. The quantitative estimate of drug-likeness (QED) is 0.228. The molecule has 0 spiro atoms. The third kappa shape index (κ3) is 12.0. The second-order valence-corrected chi connectivity index (χ2v) is 4.94. The van der Waals surface area contributed by atoms with Crippen LogP contribution in [-0.4, -0.2) is 67.7 Å². The van der Waals surface area contributed by atoms with E-state index in [0.29, 0.717) is 0 Å². The molecule has 12 nitrogen and oxygen atoms in total. The number of nitrogens with two attached hydrogens (primary N) is 1. The number of rotatable bonds is 10. The predicted molar refractivity (Wildman–Crippen MR) is 84.5 cm³/mol. The van der Waals surface area contributed by atoms with Crippen molar-refractivity contribution in [3.8, 4) is 0 Å². The van der Waals surface area contributed by atoms with E-state index in [0.717, 1.165) is 0 Å². The van der Waals surface area contributed by atoms with Crippen molar-refractivity contribution in [2.24, 2.45) is 5.73 Å². The number of amides is 6. The van der Waals surface area contributed by atoms with Gasteiger partial charge in [0.1, 0.15) is 6.04 Å². The average molecular weight is 358 g/mol. The van der Waals surface area contributed by atoms with Gasteiger partial charge >= 0.3 is 0 Å². The third-order valence-corrected chi connectivity index (χ3v) is 2.60. The highest BCUT2D eigenvalue weighted by atomic mass is 16.2. The first-order valence-corrected chi connectivity index (χ1v) is 7.25. The molecule has 0 aliphatic rings. The normalized spacial score (nSPS) is 10.8. The zero-order valence-electron chi connectivity index (χ0n) is 13.9. The SMILES string of the molecule is CC(=O)NCC(=O)NCC(=O)N[C@@H](C)C(=O)NCC(=O)NCC(N)=O. The summed E-state index contributed by atoms with van der Waals surface area (Å²) in [6, 6.07) is -0.955. The smallest absolute Gasteiger partial charge is 0.242 e. The Morgan fingerprint density at radius 1 is 0.760 bits per heavy atom. The zero-order valence-corrected chi connectivity index (χ0v) is 13.9. The van der Waals surface area contributed by atoms with E-state index in [9.17, 15) is 28.8 Å². The van der Waals surface area contributed by atoms with Crippen LogP contribution in [0.4, 0.5) is 0 Å². The highest BCUT2D eigenvalue weighted by Crippen LogP contribution is 1.82. The van der Waals surface area contributed by atoms with Gasteiger partial charge in [0.2, 0.25) is 35.4 Å². The van der Waals surface area contributed by atoms with Crippen molar-refractivity contribution < 1.29 is 28.8 Å². The van der Waals surface area contributed by atoms with E-state index < -0.39 is 35.6 Å². The average Bonchev–Trinajstić information content (AvgIpc) is 2.53. The van der Waals surface area contributed by atoms with Gasteiger partial charge in [-0.25, -0.2) is 0 Å². The van der Waals surface area contributed by atoms with Gasteiger partial charge in [-0.1, -0.05) is 0 Å². The minimum Gasteiger partial charge on any atom is -0.368 e. The highest BCUT2D eigenvalue weighted by Gasteiger charge is 2.16. The Kier molecular flexibility index (Phi) is 9.92. The first-order valence-electron chi connectivity index (χ1n) is 7.25. The minimum absolute atomic E-state index is 0.265. The second kappa shape index (κ2) is 11.4. The fourth-order valence-electron chi connectivity index (χ4n) is 1.37. The van der Waals surface area contributed by atoms with Gasteiger partial charge in [0.05, 0.1) is 26.2 Å². The molecule has 0 aromatic heterocycles. The minimum atomic E-state index is -0.955. The summed E-state index contributed by atoms with van der Waals surface area (Å²) < 4.78 is 0. The van der Waals surface area contributed by atoms with Crippen LogP contribution in [0.25, 0.3) is 0 Å². The predicted octanol–water partition coefficient (Wildman–Crippen LogP) is -4.54. The fraction of sp³-hybridized carbons (Fsp3) is 0.538. The molecule has 0 bridgehead atoms. The molecule has 1 atom stereocenters. The lowest BCUT2D eigenvalue weighted by molar-refractivity contribution is -0.130. The molecule has 0 unspecified atom stereocenters. The second-order valence-electron chi connectivity index (χ2n) is 4.94. The van der Waals surface area contributed by atoms with Gasteiger partial charge < -0.3 is 32.3 Å².